The van der Waals surface area contributed by atoms with Crippen LogP contribution >= 0.6 is 0 Å². The van der Waals surface area contributed by atoms with Crippen molar-refractivity contribution < 1.29 is 9.90 Å². The van der Waals surface area contributed by atoms with Gasteiger partial charge in [-0.3, -0.25) is 9.69 Å². The molecule has 4 nitrogen and oxygen atoms in total. The third-order valence-corrected chi connectivity index (χ3v) is 2.33. The van der Waals surface area contributed by atoms with E-state index in [0.717, 1.165) is 32.4 Å². The lowest BCUT2D eigenvalue weighted by Gasteiger charge is -2.19. The minimum absolute atomic E-state index is 0.0157. The molecule has 0 aromatic rings. The van der Waals surface area contributed by atoms with E-state index in [1.54, 1.807) is 0 Å². The van der Waals surface area contributed by atoms with Crippen molar-refractivity contribution in [1.82, 2.24) is 10.2 Å². The summed E-state index contributed by atoms with van der Waals surface area (Å²) >= 11 is 0. The third kappa shape index (κ3) is 3.74. The highest BCUT2D eigenvalue weighted by Gasteiger charge is 2.20. The fourth-order valence-electron chi connectivity index (χ4n) is 1.62. The second kappa shape index (κ2) is 5.19. The van der Waals surface area contributed by atoms with Gasteiger partial charge in [0.05, 0.1) is 0 Å². The molecule has 0 radical (unpaired) electrons. The van der Waals surface area contributed by atoms with Crippen LogP contribution in [0.1, 0.15) is 26.2 Å². The summed E-state index contributed by atoms with van der Waals surface area (Å²) in [6.45, 7) is 4.09. The van der Waals surface area contributed by atoms with Gasteiger partial charge in [0.15, 0.2) is 0 Å². The number of amides is 1. The van der Waals surface area contributed by atoms with Crippen LogP contribution in [-0.4, -0.2) is 41.8 Å². The van der Waals surface area contributed by atoms with E-state index in [1.165, 1.54) is 6.92 Å². The van der Waals surface area contributed by atoms with Gasteiger partial charge in [0.25, 0.3) is 0 Å². The molecule has 0 aromatic heterocycles. The first-order valence-corrected chi connectivity index (χ1v) is 4.86. The number of rotatable bonds is 4. The monoisotopic (exact) mass is 186 g/mol. The van der Waals surface area contributed by atoms with E-state index in [2.05, 4.69) is 10.2 Å². The van der Waals surface area contributed by atoms with Crippen LogP contribution in [0, 0.1) is 0 Å². The van der Waals surface area contributed by atoms with E-state index < -0.39 is 0 Å². The van der Waals surface area contributed by atoms with Crippen molar-refractivity contribution >= 4 is 5.91 Å². The Balaban J connectivity index is 2.02. The Morgan fingerprint density at radius 2 is 2.46 bits per heavy atom. The van der Waals surface area contributed by atoms with Gasteiger partial charge in [0, 0.05) is 26.6 Å². The lowest BCUT2D eigenvalue weighted by molar-refractivity contribution is -0.118. The van der Waals surface area contributed by atoms with Crippen LogP contribution in [0.3, 0.4) is 0 Å². The first-order valence-electron chi connectivity index (χ1n) is 4.86. The number of hydrogen-bond donors (Lipinski definition) is 2. The number of nitrogens with zero attached hydrogens (tertiary/aromatic N) is 1. The van der Waals surface area contributed by atoms with Crippen LogP contribution in [0.4, 0.5) is 0 Å². The van der Waals surface area contributed by atoms with Crippen molar-refractivity contribution in [2.75, 3.05) is 19.6 Å². The molecule has 1 amide bonds. The molecule has 1 atom stereocenters. The summed E-state index contributed by atoms with van der Waals surface area (Å²) in [7, 11) is 0. The Labute approximate surface area is 78.9 Å². The third-order valence-electron chi connectivity index (χ3n) is 2.33. The second-order valence-corrected chi connectivity index (χ2v) is 3.50. The van der Waals surface area contributed by atoms with Crippen molar-refractivity contribution in [2.45, 2.75) is 32.4 Å². The molecule has 4 heteroatoms. The van der Waals surface area contributed by atoms with Crippen molar-refractivity contribution in [2.24, 2.45) is 0 Å². The van der Waals surface area contributed by atoms with Gasteiger partial charge in [-0.1, -0.05) is 0 Å². The summed E-state index contributed by atoms with van der Waals surface area (Å²) < 4.78 is 0. The first-order chi connectivity index (χ1) is 6.20. The van der Waals surface area contributed by atoms with Gasteiger partial charge in [-0.05, 0) is 19.3 Å². The van der Waals surface area contributed by atoms with Gasteiger partial charge in [0.1, 0.15) is 6.23 Å². The van der Waals surface area contributed by atoms with Crippen molar-refractivity contribution in [3.63, 3.8) is 0 Å². The standard InChI is InChI=1S/C9H18N2O2/c1-8(12)10-5-3-7-11-6-2-4-9(11)13/h9,13H,2-7H2,1H3,(H,10,12). The molecule has 13 heavy (non-hydrogen) atoms. The smallest absolute Gasteiger partial charge is 0.216 e. The van der Waals surface area contributed by atoms with Gasteiger partial charge >= 0.3 is 0 Å². The van der Waals surface area contributed by atoms with Crippen LogP contribution in [0.2, 0.25) is 0 Å². The van der Waals surface area contributed by atoms with Crippen LogP contribution in [0.15, 0.2) is 0 Å². The Morgan fingerprint density at radius 3 is 3.00 bits per heavy atom. The molecule has 0 spiro atoms. The van der Waals surface area contributed by atoms with Gasteiger partial charge in [-0.15, -0.1) is 0 Å². The topological polar surface area (TPSA) is 52.6 Å². The molecule has 1 aliphatic heterocycles. The molecule has 1 fully saturated rings. The second-order valence-electron chi connectivity index (χ2n) is 3.50. The van der Waals surface area contributed by atoms with E-state index in [4.69, 9.17) is 0 Å². The molecule has 76 valence electrons. The molecule has 0 saturated carbocycles. The summed E-state index contributed by atoms with van der Waals surface area (Å²) in [6.07, 6.45) is 2.63. The summed E-state index contributed by atoms with van der Waals surface area (Å²) in [5.74, 6) is 0.0157. The largest absolute Gasteiger partial charge is 0.378 e. The molecular formula is C9H18N2O2. The highest BCUT2D eigenvalue weighted by Crippen LogP contribution is 2.13. The molecular weight excluding hydrogens is 168 g/mol. The van der Waals surface area contributed by atoms with Crippen molar-refractivity contribution in [3.05, 3.63) is 0 Å². The molecule has 0 aromatic carbocycles. The lowest BCUT2D eigenvalue weighted by atomic mass is 10.3. The molecule has 1 unspecified atom stereocenters. The number of carbonyl (C=O) groups excluding carboxylic acids is 1. The number of carbonyl (C=O) groups is 1. The van der Waals surface area contributed by atoms with Crippen LogP contribution in [-0.2, 0) is 4.79 Å². The normalized spacial score (nSPS) is 23.4. The van der Waals surface area contributed by atoms with E-state index >= 15 is 0 Å². The molecule has 1 heterocycles. The average Bonchev–Trinajstić information content (AvgIpc) is 2.45. The fourth-order valence-corrected chi connectivity index (χ4v) is 1.62. The summed E-state index contributed by atoms with van der Waals surface area (Å²) in [4.78, 5) is 12.6. The summed E-state index contributed by atoms with van der Waals surface area (Å²) in [6, 6.07) is 0. The van der Waals surface area contributed by atoms with Gasteiger partial charge in [-0.25, -0.2) is 0 Å². The zero-order valence-corrected chi connectivity index (χ0v) is 8.12. The average molecular weight is 186 g/mol. The first kappa shape index (κ1) is 10.5. The van der Waals surface area contributed by atoms with E-state index in [9.17, 15) is 9.90 Å². The number of aliphatic hydroxyl groups is 1. The van der Waals surface area contributed by atoms with Gasteiger partial charge < -0.3 is 10.4 Å². The maximum Gasteiger partial charge on any atom is 0.216 e. The Hall–Kier alpha value is -0.610. The minimum Gasteiger partial charge on any atom is -0.378 e. The highest BCUT2D eigenvalue weighted by atomic mass is 16.3. The van der Waals surface area contributed by atoms with Crippen LogP contribution < -0.4 is 5.32 Å². The molecule has 0 bridgehead atoms. The molecule has 1 aliphatic rings. The predicted molar refractivity (Wildman–Crippen MR) is 50.1 cm³/mol. The van der Waals surface area contributed by atoms with Crippen molar-refractivity contribution in [1.29, 1.82) is 0 Å². The minimum atomic E-state index is -0.252. The zero-order valence-electron chi connectivity index (χ0n) is 8.12. The van der Waals surface area contributed by atoms with Gasteiger partial charge in [0.2, 0.25) is 5.91 Å². The maximum absolute atomic E-state index is 10.5. The Morgan fingerprint density at radius 1 is 1.69 bits per heavy atom. The summed E-state index contributed by atoms with van der Waals surface area (Å²) in [5, 5.41) is 12.2. The van der Waals surface area contributed by atoms with E-state index in [0.29, 0.717) is 6.54 Å². The number of likely N-dealkylation sites (tertiary alicyclic amines) is 1. The lowest BCUT2D eigenvalue weighted by Crippen LogP contribution is -2.32. The predicted octanol–water partition coefficient (Wildman–Crippen LogP) is -0.0732. The van der Waals surface area contributed by atoms with E-state index in [-0.39, 0.29) is 12.1 Å². The number of nitrogens with one attached hydrogen (secondary N) is 1. The SMILES string of the molecule is CC(=O)NCCCN1CCCC1O. The zero-order chi connectivity index (χ0) is 9.68. The molecule has 1 rings (SSSR count). The van der Waals surface area contributed by atoms with Crippen molar-refractivity contribution in [3.8, 4) is 0 Å². The Kier molecular flexibility index (Phi) is 4.18. The number of aliphatic hydroxyl groups excluding tert-OH is 1. The summed E-state index contributed by atoms with van der Waals surface area (Å²) in [5.41, 5.74) is 0. The van der Waals surface area contributed by atoms with Crippen LogP contribution in [0.5, 0.6) is 0 Å². The Bertz CT molecular complexity index is 173. The molecule has 2 N–H and O–H groups in total. The molecule has 0 aliphatic carbocycles. The maximum atomic E-state index is 10.5. The van der Waals surface area contributed by atoms with Crippen LogP contribution in [0.25, 0.3) is 0 Å². The fraction of sp³-hybridized carbons (Fsp3) is 0.889. The van der Waals surface area contributed by atoms with Gasteiger partial charge in [-0.2, -0.15) is 0 Å². The molecule has 1 saturated heterocycles. The quantitative estimate of drug-likeness (QED) is 0.604. The number of hydrogen-bond acceptors (Lipinski definition) is 3. The highest BCUT2D eigenvalue weighted by molar-refractivity contribution is 5.72. The van der Waals surface area contributed by atoms with E-state index in [1.807, 2.05) is 0 Å².